The number of amides is 2. The standard InChI is InChI=1S/C20H24F3N5O5S/c1-2-3-4-8-33-17-10-14(18(29)24-12-20(21,22)23)5-6-16(17)28-11-15(25-26-28)19(30)27-7-9-34(31,32)13-27/h2,5-6,10-11,31-32H,1,3-4,7-9,12-13H2,(H,24,29). The monoisotopic (exact) mass is 503 g/mol. The van der Waals surface area contributed by atoms with Crippen molar-refractivity contribution in [2.45, 2.75) is 19.0 Å². The van der Waals surface area contributed by atoms with E-state index in [0.29, 0.717) is 18.5 Å². The number of nitrogens with one attached hydrogen (secondary N) is 1. The Hall–Kier alpha value is -3.10. The molecule has 0 atom stereocenters. The lowest BCUT2D eigenvalue weighted by atomic mass is 10.1. The van der Waals surface area contributed by atoms with Crippen molar-refractivity contribution < 1.29 is 36.6 Å². The molecule has 1 aromatic heterocycles. The van der Waals surface area contributed by atoms with Gasteiger partial charge in [0.2, 0.25) is 0 Å². The zero-order valence-corrected chi connectivity index (χ0v) is 18.8. The molecule has 0 spiro atoms. The van der Waals surface area contributed by atoms with E-state index >= 15 is 0 Å². The quantitative estimate of drug-likeness (QED) is 0.354. The number of nitrogens with zero attached hydrogens (tertiary/aromatic N) is 4. The molecule has 2 amide bonds. The second kappa shape index (κ2) is 10.4. The highest BCUT2D eigenvalue weighted by molar-refractivity contribution is 8.24. The lowest BCUT2D eigenvalue weighted by Gasteiger charge is -2.25. The Morgan fingerprint density at radius 1 is 1.32 bits per heavy atom. The molecule has 0 bridgehead atoms. The topological polar surface area (TPSA) is 130 Å². The third-order valence-corrected chi connectivity index (χ3v) is 6.34. The van der Waals surface area contributed by atoms with Crippen molar-refractivity contribution in [1.82, 2.24) is 25.2 Å². The Morgan fingerprint density at radius 3 is 2.74 bits per heavy atom. The molecule has 1 aliphatic rings. The maximum atomic E-state index is 12.6. The van der Waals surface area contributed by atoms with Crippen LogP contribution in [-0.2, 0) is 0 Å². The lowest BCUT2D eigenvalue weighted by molar-refractivity contribution is -0.123. The molecule has 0 aliphatic carbocycles. The summed E-state index contributed by atoms with van der Waals surface area (Å²) in [7, 11) is -2.83. The van der Waals surface area contributed by atoms with Crippen LogP contribution >= 0.6 is 10.6 Å². The second-order valence-electron chi connectivity index (χ2n) is 7.51. The molecule has 0 radical (unpaired) electrons. The van der Waals surface area contributed by atoms with Crippen LogP contribution in [0.25, 0.3) is 5.69 Å². The number of carbonyl (C=O) groups is 2. The Labute approximate surface area is 194 Å². The van der Waals surface area contributed by atoms with Gasteiger partial charge in [0.15, 0.2) is 5.69 Å². The number of allylic oxidation sites excluding steroid dienone is 1. The van der Waals surface area contributed by atoms with E-state index in [1.165, 1.54) is 34.0 Å². The van der Waals surface area contributed by atoms with Crippen LogP contribution in [0.5, 0.6) is 5.75 Å². The average Bonchev–Trinajstić information content (AvgIpc) is 3.40. The van der Waals surface area contributed by atoms with Gasteiger partial charge < -0.3 is 15.0 Å². The summed E-state index contributed by atoms with van der Waals surface area (Å²) in [6.07, 6.45) is -0.254. The molecule has 2 heterocycles. The first-order valence-electron chi connectivity index (χ1n) is 10.2. The summed E-state index contributed by atoms with van der Waals surface area (Å²) in [4.78, 5) is 26.0. The zero-order chi connectivity index (χ0) is 24.9. The fourth-order valence-corrected chi connectivity index (χ4v) is 4.48. The van der Waals surface area contributed by atoms with Gasteiger partial charge in [0.1, 0.15) is 23.9 Å². The van der Waals surface area contributed by atoms with Crippen LogP contribution in [0.4, 0.5) is 13.2 Å². The number of halogens is 3. The van der Waals surface area contributed by atoms with E-state index in [0.717, 1.165) is 0 Å². The lowest BCUT2D eigenvalue weighted by Crippen LogP contribution is -2.33. The highest BCUT2D eigenvalue weighted by atomic mass is 32.3. The predicted octanol–water partition coefficient (Wildman–Crippen LogP) is 3.07. The summed E-state index contributed by atoms with van der Waals surface area (Å²) in [6, 6.07) is 4.01. The Bertz CT molecular complexity index is 1060. The van der Waals surface area contributed by atoms with Crippen molar-refractivity contribution >= 4 is 22.4 Å². The first-order chi connectivity index (χ1) is 16.0. The minimum Gasteiger partial charge on any atom is -0.491 e. The minimum absolute atomic E-state index is 0.0401. The maximum absolute atomic E-state index is 12.6. The summed E-state index contributed by atoms with van der Waals surface area (Å²) >= 11 is 0. The molecule has 0 saturated carbocycles. The first kappa shape index (κ1) is 25.5. The number of carbonyl (C=O) groups excluding carboxylic acids is 2. The Morgan fingerprint density at radius 2 is 2.09 bits per heavy atom. The molecule has 1 aromatic carbocycles. The normalized spacial score (nSPS) is 16.2. The van der Waals surface area contributed by atoms with Gasteiger partial charge in [-0.15, -0.1) is 11.7 Å². The summed E-state index contributed by atoms with van der Waals surface area (Å²) in [5.41, 5.74) is 0.218. The summed E-state index contributed by atoms with van der Waals surface area (Å²) in [5, 5.41) is 9.57. The van der Waals surface area contributed by atoms with E-state index < -0.39 is 35.1 Å². The van der Waals surface area contributed by atoms with Crippen LogP contribution in [0.1, 0.15) is 33.7 Å². The zero-order valence-electron chi connectivity index (χ0n) is 18.0. The molecule has 3 N–H and O–H groups in total. The number of aromatic nitrogens is 3. The number of hydrogen-bond acceptors (Lipinski definition) is 7. The van der Waals surface area contributed by atoms with Gasteiger partial charge in [0.05, 0.1) is 18.6 Å². The Kier molecular flexibility index (Phi) is 7.84. The van der Waals surface area contributed by atoms with Crippen LogP contribution in [0, 0.1) is 0 Å². The van der Waals surface area contributed by atoms with Gasteiger partial charge in [-0.1, -0.05) is 11.3 Å². The largest absolute Gasteiger partial charge is 0.491 e. The Balaban J connectivity index is 1.82. The van der Waals surface area contributed by atoms with Crippen LogP contribution < -0.4 is 10.1 Å². The van der Waals surface area contributed by atoms with Gasteiger partial charge in [-0.3, -0.25) is 18.7 Å². The molecule has 186 valence electrons. The van der Waals surface area contributed by atoms with E-state index in [-0.39, 0.29) is 41.8 Å². The highest BCUT2D eigenvalue weighted by Crippen LogP contribution is 2.43. The molecule has 14 heteroatoms. The fraction of sp³-hybridized carbons (Fsp3) is 0.400. The van der Waals surface area contributed by atoms with Gasteiger partial charge in [0.25, 0.3) is 11.8 Å². The smallest absolute Gasteiger partial charge is 0.405 e. The number of rotatable bonds is 9. The third kappa shape index (κ3) is 6.71. The van der Waals surface area contributed by atoms with Crippen LogP contribution in [0.3, 0.4) is 0 Å². The summed E-state index contributed by atoms with van der Waals surface area (Å²) in [6.45, 7) is 2.56. The molecule has 1 aliphatic heterocycles. The first-order valence-corrected chi connectivity index (χ1v) is 12.1. The molecule has 2 aromatic rings. The van der Waals surface area contributed by atoms with E-state index in [1.807, 2.05) is 0 Å². The predicted molar refractivity (Wildman–Crippen MR) is 118 cm³/mol. The molecule has 34 heavy (non-hydrogen) atoms. The summed E-state index contributed by atoms with van der Waals surface area (Å²) in [5.74, 6) is -1.39. The number of ether oxygens (including phenoxy) is 1. The SMILES string of the molecule is C=CCCCOc1cc(C(=O)NCC(F)(F)F)ccc1-n1cc(C(=O)N2CCS(O)(O)C2)nn1. The van der Waals surface area contributed by atoms with Crippen molar-refractivity contribution in [3.05, 3.63) is 48.3 Å². The van der Waals surface area contributed by atoms with Gasteiger partial charge in [0, 0.05) is 12.1 Å². The van der Waals surface area contributed by atoms with Crippen LogP contribution in [0.15, 0.2) is 37.1 Å². The van der Waals surface area contributed by atoms with E-state index in [2.05, 4.69) is 16.9 Å². The minimum atomic E-state index is -4.55. The van der Waals surface area contributed by atoms with Gasteiger partial charge in [-0.05, 0) is 31.0 Å². The van der Waals surface area contributed by atoms with Crippen molar-refractivity contribution in [1.29, 1.82) is 0 Å². The summed E-state index contributed by atoms with van der Waals surface area (Å²) < 4.78 is 63.8. The second-order valence-corrected chi connectivity index (χ2v) is 9.78. The molecule has 0 unspecified atom stereocenters. The van der Waals surface area contributed by atoms with Crippen LogP contribution in [0.2, 0.25) is 0 Å². The van der Waals surface area contributed by atoms with Crippen molar-refractivity contribution in [3.8, 4) is 11.4 Å². The molecular formula is C20H24F3N5O5S. The van der Waals surface area contributed by atoms with Crippen LogP contribution in [-0.4, -0.2) is 78.3 Å². The van der Waals surface area contributed by atoms with Gasteiger partial charge >= 0.3 is 6.18 Å². The average molecular weight is 504 g/mol. The fourth-order valence-electron chi connectivity index (χ4n) is 3.09. The van der Waals surface area contributed by atoms with Crippen molar-refractivity contribution in [2.75, 3.05) is 31.3 Å². The number of benzene rings is 1. The van der Waals surface area contributed by atoms with Crippen molar-refractivity contribution in [2.24, 2.45) is 0 Å². The molecule has 1 fully saturated rings. The molecular weight excluding hydrogens is 479 g/mol. The number of alkyl halides is 3. The highest BCUT2D eigenvalue weighted by Gasteiger charge is 2.32. The van der Waals surface area contributed by atoms with Gasteiger partial charge in [-0.2, -0.15) is 23.8 Å². The number of hydrogen-bond donors (Lipinski definition) is 3. The third-order valence-electron chi connectivity index (χ3n) is 4.78. The number of unbranched alkanes of at least 4 members (excludes halogenated alkanes) is 1. The molecule has 3 rings (SSSR count). The van der Waals surface area contributed by atoms with E-state index in [9.17, 15) is 31.9 Å². The maximum Gasteiger partial charge on any atom is 0.405 e. The molecule has 1 saturated heterocycles. The molecule has 10 nitrogen and oxygen atoms in total. The van der Waals surface area contributed by atoms with E-state index in [1.54, 1.807) is 11.4 Å². The van der Waals surface area contributed by atoms with Gasteiger partial charge in [-0.25, -0.2) is 4.68 Å². The van der Waals surface area contributed by atoms with Crippen molar-refractivity contribution in [3.63, 3.8) is 0 Å². The van der Waals surface area contributed by atoms with E-state index in [4.69, 9.17) is 4.74 Å².